The fourth-order valence-corrected chi connectivity index (χ4v) is 4.70. The first-order valence-electron chi connectivity index (χ1n) is 9.82. The van der Waals surface area contributed by atoms with Crippen LogP contribution in [-0.4, -0.2) is 28.0 Å². The fourth-order valence-electron chi connectivity index (χ4n) is 3.20. The number of aryl methyl sites for hydroxylation is 3. The molecule has 7 heteroatoms. The number of methoxy groups -OCH3 is 1. The van der Waals surface area contributed by atoms with E-state index >= 15 is 0 Å². The third-order valence-corrected chi connectivity index (χ3v) is 6.85. The standard InChI is InChI=1S/C24H26N2O4S/c1-17-10-11-20(14-18(17)2)25-24(27)16-26(21-8-6-5-7-9-21)31(28,29)22-12-13-23(30-4)19(3)15-22/h5-15H,16H2,1-4H3,(H,25,27). The number of rotatable bonds is 7. The zero-order chi connectivity index (χ0) is 22.6. The Morgan fingerprint density at radius 3 is 2.23 bits per heavy atom. The van der Waals surface area contributed by atoms with E-state index in [1.54, 1.807) is 55.5 Å². The number of para-hydroxylation sites is 1. The molecule has 31 heavy (non-hydrogen) atoms. The van der Waals surface area contributed by atoms with Crippen LogP contribution in [0.25, 0.3) is 0 Å². The molecule has 0 radical (unpaired) electrons. The van der Waals surface area contributed by atoms with Gasteiger partial charge in [0.2, 0.25) is 5.91 Å². The van der Waals surface area contributed by atoms with Crippen LogP contribution in [-0.2, 0) is 14.8 Å². The number of nitrogens with zero attached hydrogens (tertiary/aromatic N) is 1. The first-order valence-corrected chi connectivity index (χ1v) is 11.3. The van der Waals surface area contributed by atoms with Gasteiger partial charge in [0.1, 0.15) is 12.3 Å². The van der Waals surface area contributed by atoms with Crippen molar-refractivity contribution in [2.45, 2.75) is 25.7 Å². The third kappa shape index (κ3) is 5.06. The van der Waals surface area contributed by atoms with E-state index in [2.05, 4.69) is 5.32 Å². The highest BCUT2D eigenvalue weighted by Gasteiger charge is 2.27. The van der Waals surface area contributed by atoms with Crippen LogP contribution in [0, 0.1) is 20.8 Å². The molecule has 0 spiro atoms. The van der Waals surface area contributed by atoms with Gasteiger partial charge in [0.05, 0.1) is 17.7 Å². The van der Waals surface area contributed by atoms with E-state index < -0.39 is 15.9 Å². The molecule has 3 aromatic carbocycles. The summed E-state index contributed by atoms with van der Waals surface area (Å²) in [7, 11) is -2.46. The minimum atomic E-state index is -3.99. The first-order chi connectivity index (χ1) is 14.7. The lowest BCUT2D eigenvalue weighted by molar-refractivity contribution is -0.114. The fraction of sp³-hybridized carbons (Fsp3) is 0.208. The van der Waals surface area contributed by atoms with Gasteiger partial charge in [-0.25, -0.2) is 8.42 Å². The van der Waals surface area contributed by atoms with Crippen molar-refractivity contribution in [3.63, 3.8) is 0 Å². The molecule has 0 unspecified atom stereocenters. The quantitative estimate of drug-likeness (QED) is 0.591. The highest BCUT2D eigenvalue weighted by atomic mass is 32.2. The molecule has 0 aliphatic heterocycles. The Morgan fingerprint density at radius 2 is 1.61 bits per heavy atom. The Labute approximate surface area is 183 Å². The van der Waals surface area contributed by atoms with Gasteiger partial charge in [-0.05, 0) is 79.9 Å². The number of carbonyl (C=O) groups excluding carboxylic acids is 1. The molecule has 6 nitrogen and oxygen atoms in total. The van der Waals surface area contributed by atoms with Crippen molar-refractivity contribution < 1.29 is 17.9 Å². The number of nitrogens with one attached hydrogen (secondary N) is 1. The van der Waals surface area contributed by atoms with Gasteiger partial charge in [-0.15, -0.1) is 0 Å². The number of anilines is 2. The summed E-state index contributed by atoms with van der Waals surface area (Å²) in [6, 6.07) is 18.8. The predicted octanol–water partition coefficient (Wildman–Crippen LogP) is 4.45. The Bertz CT molecular complexity index is 1190. The summed E-state index contributed by atoms with van der Waals surface area (Å²) in [5, 5.41) is 2.80. The second kappa shape index (κ2) is 9.22. The Balaban J connectivity index is 1.94. The Kier molecular flexibility index (Phi) is 6.65. The van der Waals surface area contributed by atoms with Crippen LogP contribution >= 0.6 is 0 Å². The molecule has 0 aromatic heterocycles. The van der Waals surface area contributed by atoms with Crippen LogP contribution in [0.4, 0.5) is 11.4 Å². The van der Waals surface area contributed by atoms with Gasteiger partial charge in [0, 0.05) is 5.69 Å². The topological polar surface area (TPSA) is 75.7 Å². The first kappa shape index (κ1) is 22.4. The second-order valence-corrected chi connectivity index (χ2v) is 9.19. The number of carbonyl (C=O) groups is 1. The highest BCUT2D eigenvalue weighted by molar-refractivity contribution is 7.92. The Hall–Kier alpha value is -3.32. The van der Waals surface area contributed by atoms with Crippen molar-refractivity contribution >= 4 is 27.3 Å². The maximum absolute atomic E-state index is 13.5. The van der Waals surface area contributed by atoms with Crippen LogP contribution in [0.5, 0.6) is 5.75 Å². The maximum atomic E-state index is 13.5. The summed E-state index contributed by atoms with van der Waals surface area (Å²) in [5.74, 6) is 0.165. The molecule has 0 atom stereocenters. The molecule has 3 aromatic rings. The number of benzene rings is 3. The molecule has 162 valence electrons. The summed E-state index contributed by atoms with van der Waals surface area (Å²) in [6.45, 7) is 5.36. The molecule has 0 aliphatic carbocycles. The Morgan fingerprint density at radius 1 is 0.903 bits per heavy atom. The van der Waals surface area contributed by atoms with Crippen molar-refractivity contribution in [1.29, 1.82) is 0 Å². The zero-order valence-corrected chi connectivity index (χ0v) is 18.9. The number of hydrogen-bond donors (Lipinski definition) is 1. The van der Waals surface area contributed by atoms with Gasteiger partial charge < -0.3 is 10.1 Å². The summed E-state index contributed by atoms with van der Waals surface area (Å²) < 4.78 is 33.3. The van der Waals surface area contributed by atoms with Crippen LogP contribution < -0.4 is 14.4 Å². The van der Waals surface area contributed by atoms with E-state index in [4.69, 9.17) is 4.74 Å². The lowest BCUT2D eigenvalue weighted by Gasteiger charge is -2.24. The van der Waals surface area contributed by atoms with Gasteiger partial charge in [-0.1, -0.05) is 24.3 Å². The summed E-state index contributed by atoms with van der Waals surface area (Å²) in [6.07, 6.45) is 0. The van der Waals surface area contributed by atoms with E-state index in [1.807, 2.05) is 26.0 Å². The van der Waals surface area contributed by atoms with E-state index in [0.717, 1.165) is 15.4 Å². The molecule has 1 N–H and O–H groups in total. The van der Waals surface area contributed by atoms with E-state index in [-0.39, 0.29) is 11.4 Å². The van der Waals surface area contributed by atoms with Gasteiger partial charge >= 0.3 is 0 Å². The van der Waals surface area contributed by atoms with Gasteiger partial charge in [0.15, 0.2) is 0 Å². The highest BCUT2D eigenvalue weighted by Crippen LogP contribution is 2.27. The molecular weight excluding hydrogens is 412 g/mol. The van der Waals surface area contributed by atoms with E-state index in [9.17, 15) is 13.2 Å². The number of amides is 1. The summed E-state index contributed by atoms with van der Waals surface area (Å²) >= 11 is 0. The minimum absolute atomic E-state index is 0.0913. The SMILES string of the molecule is COc1ccc(S(=O)(=O)N(CC(=O)Nc2ccc(C)c(C)c2)c2ccccc2)cc1C. The van der Waals surface area contributed by atoms with Crippen LogP contribution in [0.2, 0.25) is 0 Å². The van der Waals surface area contributed by atoms with Crippen molar-refractivity contribution in [3.8, 4) is 5.75 Å². The number of ether oxygens (including phenoxy) is 1. The summed E-state index contributed by atoms with van der Waals surface area (Å²) in [5.41, 5.74) is 3.88. The molecule has 0 fully saturated rings. The third-order valence-electron chi connectivity index (χ3n) is 5.08. The van der Waals surface area contributed by atoms with Crippen LogP contribution in [0.15, 0.2) is 71.6 Å². The molecule has 1 amide bonds. The van der Waals surface area contributed by atoms with Gasteiger partial charge in [0.25, 0.3) is 10.0 Å². The molecular formula is C24H26N2O4S. The molecule has 0 saturated carbocycles. The van der Waals surface area contributed by atoms with Crippen molar-refractivity contribution in [2.75, 3.05) is 23.3 Å². The lowest BCUT2D eigenvalue weighted by Crippen LogP contribution is -2.38. The van der Waals surface area contributed by atoms with Crippen molar-refractivity contribution in [1.82, 2.24) is 0 Å². The van der Waals surface area contributed by atoms with E-state index in [1.165, 1.54) is 13.2 Å². The minimum Gasteiger partial charge on any atom is -0.496 e. The van der Waals surface area contributed by atoms with Crippen molar-refractivity contribution in [2.24, 2.45) is 0 Å². The normalized spacial score (nSPS) is 11.1. The van der Waals surface area contributed by atoms with E-state index in [0.29, 0.717) is 22.7 Å². The number of sulfonamides is 1. The molecule has 0 aliphatic rings. The summed E-state index contributed by atoms with van der Waals surface area (Å²) in [4.78, 5) is 12.9. The maximum Gasteiger partial charge on any atom is 0.264 e. The lowest BCUT2D eigenvalue weighted by atomic mass is 10.1. The zero-order valence-electron chi connectivity index (χ0n) is 18.0. The van der Waals surface area contributed by atoms with Crippen LogP contribution in [0.3, 0.4) is 0 Å². The molecule has 0 heterocycles. The molecule has 0 bridgehead atoms. The second-order valence-electron chi connectivity index (χ2n) is 7.33. The largest absolute Gasteiger partial charge is 0.496 e. The van der Waals surface area contributed by atoms with Gasteiger partial charge in [-0.3, -0.25) is 9.10 Å². The number of hydrogen-bond acceptors (Lipinski definition) is 4. The average molecular weight is 439 g/mol. The van der Waals surface area contributed by atoms with Gasteiger partial charge in [-0.2, -0.15) is 0 Å². The smallest absolute Gasteiger partial charge is 0.264 e. The van der Waals surface area contributed by atoms with Crippen LogP contribution in [0.1, 0.15) is 16.7 Å². The molecule has 0 saturated heterocycles. The van der Waals surface area contributed by atoms with Crippen molar-refractivity contribution in [3.05, 3.63) is 83.4 Å². The average Bonchev–Trinajstić information content (AvgIpc) is 2.75. The monoisotopic (exact) mass is 438 g/mol. The predicted molar refractivity (Wildman–Crippen MR) is 123 cm³/mol. The molecule has 3 rings (SSSR count).